The van der Waals surface area contributed by atoms with Crippen molar-refractivity contribution in [2.24, 2.45) is 0 Å². The Hall–Kier alpha value is -7.36. The summed E-state index contributed by atoms with van der Waals surface area (Å²) >= 11 is 0. The van der Waals surface area contributed by atoms with Gasteiger partial charge in [-0.2, -0.15) is 0 Å². The van der Waals surface area contributed by atoms with Crippen LogP contribution in [0.4, 0.5) is 0 Å². The third-order valence-corrected chi connectivity index (χ3v) is 11.0. The van der Waals surface area contributed by atoms with Crippen LogP contribution in [0.2, 0.25) is 0 Å². The van der Waals surface area contributed by atoms with Crippen LogP contribution < -0.4 is 0 Å². The molecule has 256 valence electrons. The molecule has 2 aromatic heterocycles. The van der Waals surface area contributed by atoms with Gasteiger partial charge in [0.25, 0.3) is 0 Å². The first-order valence-electron chi connectivity index (χ1n) is 18.7. The first-order chi connectivity index (χ1) is 27.3. The zero-order valence-electron chi connectivity index (χ0n) is 29.9. The lowest BCUT2D eigenvalue weighted by Crippen LogP contribution is -1.97. The number of fused-ring (bicyclic) bond motifs is 7. The van der Waals surface area contributed by atoms with E-state index in [0.717, 1.165) is 50.3 Å². The predicted octanol–water partition coefficient (Wildman–Crippen LogP) is 13.7. The van der Waals surface area contributed by atoms with Gasteiger partial charge in [-0.25, -0.2) is 9.97 Å². The van der Waals surface area contributed by atoms with Crippen LogP contribution in [-0.4, -0.2) is 14.5 Å². The highest BCUT2D eigenvalue weighted by Gasteiger charge is 2.18. The predicted molar refractivity (Wildman–Crippen MR) is 231 cm³/mol. The van der Waals surface area contributed by atoms with Crippen molar-refractivity contribution in [3.8, 4) is 50.6 Å². The Morgan fingerprint density at radius 1 is 0.345 bits per heavy atom. The molecule has 0 aliphatic rings. The fourth-order valence-corrected chi connectivity index (χ4v) is 8.32. The van der Waals surface area contributed by atoms with E-state index in [1.54, 1.807) is 0 Å². The van der Waals surface area contributed by atoms with Crippen LogP contribution in [0.1, 0.15) is 0 Å². The van der Waals surface area contributed by atoms with Gasteiger partial charge in [-0.1, -0.05) is 158 Å². The molecular formula is C52H33N3. The number of aromatic nitrogens is 3. The molecule has 0 N–H and O–H groups in total. The lowest BCUT2D eigenvalue weighted by atomic mass is 9.89. The Morgan fingerprint density at radius 2 is 0.945 bits per heavy atom. The van der Waals surface area contributed by atoms with Crippen molar-refractivity contribution in [2.75, 3.05) is 0 Å². The average Bonchev–Trinajstić information content (AvgIpc) is 3.66. The second kappa shape index (κ2) is 12.6. The minimum atomic E-state index is 0.938. The van der Waals surface area contributed by atoms with Gasteiger partial charge in [0.15, 0.2) is 0 Å². The fraction of sp³-hybridized carbons (Fsp3) is 0. The largest absolute Gasteiger partial charge is 0.292 e. The molecule has 0 saturated heterocycles. The Balaban J connectivity index is 1.03. The molecular weight excluding hydrogens is 667 g/mol. The van der Waals surface area contributed by atoms with Gasteiger partial charge in [0.05, 0.1) is 22.2 Å². The van der Waals surface area contributed by atoms with Crippen molar-refractivity contribution >= 4 is 54.3 Å². The molecule has 0 saturated carbocycles. The van der Waals surface area contributed by atoms with Crippen molar-refractivity contribution in [3.63, 3.8) is 0 Å². The number of benzene rings is 9. The normalized spacial score (nSPS) is 11.6. The highest BCUT2D eigenvalue weighted by atomic mass is 15.1. The minimum Gasteiger partial charge on any atom is -0.292 e. The zero-order valence-corrected chi connectivity index (χ0v) is 29.9. The van der Waals surface area contributed by atoms with E-state index in [1.807, 2.05) is 12.1 Å². The highest BCUT2D eigenvalue weighted by molar-refractivity contribution is 6.25. The number of nitrogens with zero attached hydrogens (tertiary/aromatic N) is 3. The summed E-state index contributed by atoms with van der Waals surface area (Å²) < 4.78 is 2.26. The molecule has 0 radical (unpaired) electrons. The van der Waals surface area contributed by atoms with E-state index >= 15 is 0 Å². The smallest absolute Gasteiger partial charge is 0.145 e. The second-order valence-corrected chi connectivity index (χ2v) is 14.2. The number of hydrogen-bond donors (Lipinski definition) is 0. The van der Waals surface area contributed by atoms with Crippen molar-refractivity contribution in [1.82, 2.24) is 14.5 Å². The van der Waals surface area contributed by atoms with Crippen LogP contribution in [0, 0.1) is 0 Å². The molecule has 2 heterocycles. The van der Waals surface area contributed by atoms with E-state index in [-0.39, 0.29) is 0 Å². The lowest BCUT2D eigenvalue weighted by Gasteiger charge is -2.16. The Bertz CT molecular complexity index is 3230. The summed E-state index contributed by atoms with van der Waals surface area (Å²) in [4.78, 5) is 10.4. The lowest BCUT2D eigenvalue weighted by molar-refractivity contribution is 1.10. The molecule has 0 fully saturated rings. The Labute approximate surface area is 318 Å². The van der Waals surface area contributed by atoms with E-state index in [4.69, 9.17) is 9.97 Å². The molecule has 0 aliphatic carbocycles. The van der Waals surface area contributed by atoms with Gasteiger partial charge in [-0.15, -0.1) is 0 Å². The van der Waals surface area contributed by atoms with E-state index < -0.39 is 0 Å². The Morgan fingerprint density at radius 3 is 1.75 bits per heavy atom. The molecule has 0 spiro atoms. The summed E-state index contributed by atoms with van der Waals surface area (Å²) in [6.07, 6.45) is 0. The third kappa shape index (κ3) is 5.20. The van der Waals surface area contributed by atoms with Crippen LogP contribution in [0.3, 0.4) is 0 Å². The highest BCUT2D eigenvalue weighted by Crippen LogP contribution is 2.42. The van der Waals surface area contributed by atoms with Crippen molar-refractivity contribution < 1.29 is 0 Å². The van der Waals surface area contributed by atoms with E-state index in [1.165, 1.54) is 54.6 Å². The fourth-order valence-electron chi connectivity index (χ4n) is 8.32. The minimum absolute atomic E-state index is 0.938. The van der Waals surface area contributed by atoms with E-state index in [9.17, 15) is 0 Å². The molecule has 11 rings (SSSR count). The number of para-hydroxylation sites is 3. The topological polar surface area (TPSA) is 30.7 Å². The van der Waals surface area contributed by atoms with E-state index in [2.05, 4.69) is 193 Å². The first kappa shape index (κ1) is 31.2. The van der Waals surface area contributed by atoms with Crippen LogP contribution in [0.15, 0.2) is 200 Å². The molecule has 0 bridgehead atoms. The summed E-state index contributed by atoms with van der Waals surface area (Å²) in [5.74, 6) is 0.938. The summed E-state index contributed by atoms with van der Waals surface area (Å²) in [5.41, 5.74) is 12.1. The van der Waals surface area contributed by atoms with Crippen molar-refractivity contribution in [3.05, 3.63) is 200 Å². The molecule has 0 unspecified atom stereocenters. The summed E-state index contributed by atoms with van der Waals surface area (Å²) in [6.45, 7) is 0. The quantitative estimate of drug-likeness (QED) is 0.167. The number of hydrogen-bond acceptors (Lipinski definition) is 2. The maximum atomic E-state index is 5.33. The number of rotatable bonds is 5. The first-order valence-corrected chi connectivity index (χ1v) is 18.7. The SMILES string of the molecule is c1ccc(-c2nc3ccccc3n2-c2ccc(-c3ccc(-c4cc5c(-c6ccc7ccccc7c6)nc6ccccc6c5c5ccccc45)cc3)cc2)cc1. The molecule has 55 heavy (non-hydrogen) atoms. The summed E-state index contributed by atoms with van der Waals surface area (Å²) in [5, 5.41) is 8.47. The molecule has 3 nitrogen and oxygen atoms in total. The second-order valence-electron chi connectivity index (χ2n) is 14.2. The number of pyridine rings is 1. The molecule has 9 aromatic carbocycles. The van der Waals surface area contributed by atoms with Crippen molar-refractivity contribution in [1.29, 1.82) is 0 Å². The van der Waals surface area contributed by atoms with Gasteiger partial charge >= 0.3 is 0 Å². The van der Waals surface area contributed by atoms with Gasteiger partial charge in [0, 0.05) is 33.0 Å². The van der Waals surface area contributed by atoms with E-state index in [0.29, 0.717) is 0 Å². The van der Waals surface area contributed by atoms with Gasteiger partial charge in [-0.05, 0) is 86.3 Å². The van der Waals surface area contributed by atoms with Gasteiger partial charge in [0.2, 0.25) is 0 Å². The number of imidazole rings is 1. The van der Waals surface area contributed by atoms with Gasteiger partial charge in [0.1, 0.15) is 5.82 Å². The monoisotopic (exact) mass is 699 g/mol. The molecule has 3 heteroatoms. The third-order valence-electron chi connectivity index (χ3n) is 11.0. The molecule has 0 aliphatic heterocycles. The Kier molecular flexibility index (Phi) is 7.17. The summed E-state index contributed by atoms with van der Waals surface area (Å²) in [6, 6.07) is 71.6. The molecule has 0 atom stereocenters. The van der Waals surface area contributed by atoms with Gasteiger partial charge < -0.3 is 0 Å². The molecule has 11 aromatic rings. The maximum absolute atomic E-state index is 5.33. The van der Waals surface area contributed by atoms with Crippen LogP contribution in [-0.2, 0) is 0 Å². The van der Waals surface area contributed by atoms with Gasteiger partial charge in [-0.3, -0.25) is 4.57 Å². The zero-order chi connectivity index (χ0) is 36.3. The van der Waals surface area contributed by atoms with Crippen LogP contribution >= 0.6 is 0 Å². The van der Waals surface area contributed by atoms with Crippen LogP contribution in [0.25, 0.3) is 105 Å². The summed E-state index contributed by atoms with van der Waals surface area (Å²) in [7, 11) is 0. The molecule has 0 amide bonds. The average molecular weight is 700 g/mol. The maximum Gasteiger partial charge on any atom is 0.145 e. The standard InChI is InChI=1S/C52H33N3/c1-2-13-38(14-3-1)52-54-48-20-10-11-21-49(48)55(52)41-30-28-36(29-31-41)35-22-25-37(26-23-35)45-33-46-50(43-17-7-6-16-42(43)45)44-18-8-9-19-47(44)53-51(46)40-27-24-34-12-4-5-15-39(34)32-40/h1-33H. The van der Waals surface area contributed by atoms with Crippen molar-refractivity contribution in [2.45, 2.75) is 0 Å². The van der Waals surface area contributed by atoms with Crippen LogP contribution in [0.5, 0.6) is 0 Å².